The maximum Gasteiger partial charge on any atom is 0.246 e. The minimum absolute atomic E-state index is 0.0295. The van der Waals surface area contributed by atoms with Crippen molar-refractivity contribution in [1.82, 2.24) is 5.32 Å². The SMILES string of the molecule is CCc1ccc(NC(=O)[C@H](C)NC(=O)[C@@H](N)C(C)C)cc1. The Bertz CT molecular complexity index is 483. The van der Waals surface area contributed by atoms with E-state index in [9.17, 15) is 9.59 Å². The van der Waals surface area contributed by atoms with Gasteiger partial charge >= 0.3 is 0 Å². The minimum atomic E-state index is -0.631. The number of hydrogen-bond acceptors (Lipinski definition) is 3. The molecule has 0 bridgehead atoms. The molecule has 0 saturated carbocycles. The molecule has 4 N–H and O–H groups in total. The zero-order chi connectivity index (χ0) is 16.0. The van der Waals surface area contributed by atoms with Crippen LogP contribution in [-0.2, 0) is 16.0 Å². The molecular formula is C16H25N3O2. The zero-order valence-electron chi connectivity index (χ0n) is 13.1. The summed E-state index contributed by atoms with van der Waals surface area (Å²) in [7, 11) is 0. The van der Waals surface area contributed by atoms with E-state index in [1.165, 1.54) is 5.56 Å². The molecule has 1 aromatic rings. The predicted molar refractivity (Wildman–Crippen MR) is 84.9 cm³/mol. The van der Waals surface area contributed by atoms with Crippen LogP contribution in [0.1, 0.15) is 33.3 Å². The van der Waals surface area contributed by atoms with Crippen LogP contribution in [0.4, 0.5) is 5.69 Å². The summed E-state index contributed by atoms with van der Waals surface area (Å²) in [5.74, 6) is -0.542. The molecule has 21 heavy (non-hydrogen) atoms. The van der Waals surface area contributed by atoms with E-state index in [2.05, 4.69) is 17.6 Å². The standard InChI is InChI=1S/C16H25N3O2/c1-5-12-6-8-13(9-7-12)19-15(20)11(4)18-16(21)14(17)10(2)3/h6-11,14H,5,17H2,1-4H3,(H,18,21)(H,19,20)/t11-,14-/m0/s1. The number of anilines is 1. The molecule has 116 valence electrons. The molecule has 0 unspecified atom stereocenters. The maximum atomic E-state index is 12.0. The van der Waals surface area contributed by atoms with Gasteiger partial charge in [0.1, 0.15) is 6.04 Å². The number of rotatable bonds is 6. The molecule has 0 aliphatic carbocycles. The van der Waals surface area contributed by atoms with Crippen molar-refractivity contribution in [2.24, 2.45) is 11.7 Å². The molecule has 1 rings (SSSR count). The summed E-state index contributed by atoms with van der Waals surface area (Å²) in [5.41, 5.74) is 7.67. The van der Waals surface area contributed by atoms with Gasteiger partial charge in [0.2, 0.25) is 11.8 Å². The Labute approximate surface area is 126 Å². The second-order valence-electron chi connectivity index (χ2n) is 5.54. The van der Waals surface area contributed by atoms with Crippen molar-refractivity contribution in [2.75, 3.05) is 5.32 Å². The average Bonchev–Trinajstić information content (AvgIpc) is 2.46. The van der Waals surface area contributed by atoms with Crippen molar-refractivity contribution in [3.8, 4) is 0 Å². The van der Waals surface area contributed by atoms with E-state index < -0.39 is 12.1 Å². The summed E-state index contributed by atoms with van der Waals surface area (Å²) < 4.78 is 0. The Morgan fingerprint density at radius 2 is 1.67 bits per heavy atom. The summed E-state index contributed by atoms with van der Waals surface area (Å²) in [5, 5.41) is 5.40. The first kappa shape index (κ1) is 17.2. The number of hydrogen-bond donors (Lipinski definition) is 3. The molecule has 2 atom stereocenters. The van der Waals surface area contributed by atoms with Crippen LogP contribution in [0, 0.1) is 5.92 Å². The van der Waals surface area contributed by atoms with Gasteiger partial charge in [0.05, 0.1) is 6.04 Å². The number of nitrogens with two attached hydrogens (primary N) is 1. The normalized spacial score (nSPS) is 13.6. The third-order valence-electron chi connectivity index (χ3n) is 3.40. The molecule has 5 heteroatoms. The molecule has 5 nitrogen and oxygen atoms in total. The monoisotopic (exact) mass is 291 g/mol. The van der Waals surface area contributed by atoms with Crippen LogP contribution in [0.3, 0.4) is 0 Å². The van der Waals surface area contributed by atoms with Gasteiger partial charge in [-0.2, -0.15) is 0 Å². The highest BCUT2D eigenvalue weighted by Gasteiger charge is 2.22. The Morgan fingerprint density at radius 1 is 1.10 bits per heavy atom. The summed E-state index contributed by atoms with van der Waals surface area (Å²) >= 11 is 0. The largest absolute Gasteiger partial charge is 0.343 e. The zero-order valence-corrected chi connectivity index (χ0v) is 13.1. The van der Waals surface area contributed by atoms with Crippen molar-refractivity contribution in [3.05, 3.63) is 29.8 Å². The number of amides is 2. The fourth-order valence-corrected chi connectivity index (χ4v) is 1.75. The first-order valence-corrected chi connectivity index (χ1v) is 7.31. The molecule has 0 saturated heterocycles. The van der Waals surface area contributed by atoms with Crippen LogP contribution >= 0.6 is 0 Å². The summed E-state index contributed by atoms with van der Waals surface area (Å²) in [6.07, 6.45) is 0.952. The van der Waals surface area contributed by atoms with Crippen LogP contribution < -0.4 is 16.4 Å². The van der Waals surface area contributed by atoms with E-state index in [0.717, 1.165) is 6.42 Å². The highest BCUT2D eigenvalue weighted by molar-refractivity contribution is 5.97. The second-order valence-corrected chi connectivity index (χ2v) is 5.54. The van der Waals surface area contributed by atoms with E-state index in [0.29, 0.717) is 5.69 Å². The van der Waals surface area contributed by atoms with Gasteiger partial charge in [-0.05, 0) is 37.0 Å². The lowest BCUT2D eigenvalue weighted by Crippen LogP contribution is -2.50. The summed E-state index contributed by atoms with van der Waals surface area (Å²) in [6.45, 7) is 7.44. The Kier molecular flexibility index (Phi) is 6.37. The Morgan fingerprint density at radius 3 is 2.14 bits per heavy atom. The van der Waals surface area contributed by atoms with Gasteiger partial charge in [0.25, 0.3) is 0 Å². The molecule has 2 amide bonds. The fraction of sp³-hybridized carbons (Fsp3) is 0.500. The van der Waals surface area contributed by atoms with Crippen molar-refractivity contribution >= 4 is 17.5 Å². The molecular weight excluding hydrogens is 266 g/mol. The van der Waals surface area contributed by atoms with Crippen molar-refractivity contribution in [2.45, 2.75) is 46.2 Å². The average molecular weight is 291 g/mol. The van der Waals surface area contributed by atoms with E-state index in [1.807, 2.05) is 38.1 Å². The van der Waals surface area contributed by atoms with Gasteiger partial charge in [-0.3, -0.25) is 9.59 Å². The van der Waals surface area contributed by atoms with Gasteiger partial charge in [0, 0.05) is 5.69 Å². The van der Waals surface area contributed by atoms with Crippen LogP contribution in [-0.4, -0.2) is 23.9 Å². The van der Waals surface area contributed by atoms with Crippen LogP contribution in [0.25, 0.3) is 0 Å². The molecule has 0 aliphatic rings. The lowest BCUT2D eigenvalue weighted by Gasteiger charge is -2.19. The highest BCUT2D eigenvalue weighted by atomic mass is 16.2. The summed E-state index contributed by atoms with van der Waals surface area (Å²) in [6, 6.07) is 6.40. The number of carbonyl (C=O) groups excluding carboxylic acids is 2. The van der Waals surface area contributed by atoms with Crippen molar-refractivity contribution in [3.63, 3.8) is 0 Å². The smallest absolute Gasteiger partial charge is 0.246 e. The maximum absolute atomic E-state index is 12.0. The third-order valence-corrected chi connectivity index (χ3v) is 3.40. The van der Waals surface area contributed by atoms with Gasteiger partial charge < -0.3 is 16.4 Å². The van der Waals surface area contributed by atoms with Crippen LogP contribution in [0.2, 0.25) is 0 Å². The quantitative estimate of drug-likeness (QED) is 0.745. The Balaban J connectivity index is 2.56. The van der Waals surface area contributed by atoms with Crippen LogP contribution in [0.15, 0.2) is 24.3 Å². The molecule has 0 spiro atoms. The molecule has 0 radical (unpaired) electrons. The minimum Gasteiger partial charge on any atom is -0.343 e. The number of carbonyl (C=O) groups is 2. The van der Waals surface area contributed by atoms with Crippen molar-refractivity contribution in [1.29, 1.82) is 0 Å². The number of benzene rings is 1. The second kappa shape index (κ2) is 7.78. The molecule has 0 aromatic heterocycles. The first-order chi connectivity index (χ1) is 9.85. The van der Waals surface area contributed by atoms with E-state index in [-0.39, 0.29) is 17.7 Å². The van der Waals surface area contributed by atoms with E-state index in [1.54, 1.807) is 6.92 Å². The molecule has 0 aliphatic heterocycles. The van der Waals surface area contributed by atoms with Gasteiger partial charge in [-0.1, -0.05) is 32.9 Å². The fourth-order valence-electron chi connectivity index (χ4n) is 1.75. The summed E-state index contributed by atoms with van der Waals surface area (Å²) in [4.78, 5) is 23.8. The lowest BCUT2D eigenvalue weighted by atomic mass is 10.0. The molecule has 1 aromatic carbocycles. The number of nitrogens with one attached hydrogen (secondary N) is 2. The number of aryl methyl sites for hydroxylation is 1. The van der Waals surface area contributed by atoms with Gasteiger partial charge in [0.15, 0.2) is 0 Å². The molecule has 0 fully saturated rings. The van der Waals surface area contributed by atoms with Crippen molar-refractivity contribution < 1.29 is 9.59 Å². The predicted octanol–water partition coefficient (Wildman–Crippen LogP) is 1.68. The van der Waals surface area contributed by atoms with Gasteiger partial charge in [-0.15, -0.1) is 0 Å². The topological polar surface area (TPSA) is 84.2 Å². The highest BCUT2D eigenvalue weighted by Crippen LogP contribution is 2.10. The third kappa shape index (κ3) is 5.19. The first-order valence-electron chi connectivity index (χ1n) is 7.31. The van der Waals surface area contributed by atoms with Gasteiger partial charge in [-0.25, -0.2) is 0 Å². The lowest BCUT2D eigenvalue weighted by molar-refractivity contribution is -0.127. The van der Waals surface area contributed by atoms with E-state index in [4.69, 9.17) is 5.73 Å². The Hall–Kier alpha value is -1.88. The van der Waals surface area contributed by atoms with E-state index >= 15 is 0 Å². The van der Waals surface area contributed by atoms with Crippen LogP contribution in [0.5, 0.6) is 0 Å². The molecule has 0 heterocycles.